The number of aromatic nitrogens is 2. The van der Waals surface area contributed by atoms with Gasteiger partial charge in [-0.1, -0.05) is 91.5 Å². The first-order chi connectivity index (χ1) is 23.3. The van der Waals surface area contributed by atoms with E-state index in [0.29, 0.717) is 0 Å². The molecule has 2 aromatic carbocycles. The number of nitrogens with zero attached hydrogens (tertiary/aromatic N) is 2. The molecule has 0 atom stereocenters. The number of aliphatic hydroxyl groups excluding tert-OH is 1. The quantitative estimate of drug-likeness (QED) is 0.0885. The van der Waals surface area contributed by atoms with Crippen molar-refractivity contribution in [3.05, 3.63) is 96.7 Å². The van der Waals surface area contributed by atoms with E-state index >= 15 is 0 Å². The summed E-state index contributed by atoms with van der Waals surface area (Å²) in [4.78, 5) is 21.4. The van der Waals surface area contributed by atoms with Gasteiger partial charge in [0.1, 0.15) is 22.6 Å². The van der Waals surface area contributed by atoms with Crippen LogP contribution in [0.1, 0.15) is 93.6 Å². The molecule has 0 aliphatic heterocycles. The normalized spacial score (nSPS) is 12.5. The number of furan rings is 2. The summed E-state index contributed by atoms with van der Waals surface area (Å²) < 4.78 is 11.7. The Hall–Kier alpha value is -4.06. The number of aliphatic hydroxyl groups is 1. The van der Waals surface area contributed by atoms with E-state index in [1.807, 2.05) is 72.0 Å². The number of hydrogen-bond acceptors (Lipinski definition) is 6. The van der Waals surface area contributed by atoms with Crippen molar-refractivity contribution in [2.24, 2.45) is 10.8 Å². The summed E-state index contributed by atoms with van der Waals surface area (Å²) in [5.74, 6) is 1.02. The van der Waals surface area contributed by atoms with Gasteiger partial charge in [0.15, 0.2) is 11.4 Å². The molecule has 0 unspecified atom stereocenters. The third kappa shape index (κ3) is 7.80. The van der Waals surface area contributed by atoms with Gasteiger partial charge >= 0.3 is 0 Å². The molecule has 4 aromatic heterocycles. The van der Waals surface area contributed by atoms with Crippen molar-refractivity contribution in [1.82, 2.24) is 9.97 Å². The fraction of sp³-hybridized carbons (Fsp3) is 0.372. The molecule has 1 N–H and O–H groups in total. The maximum Gasteiger partial charge on any atom is 0.164 e. The van der Waals surface area contributed by atoms with E-state index in [4.69, 9.17) is 13.8 Å². The summed E-state index contributed by atoms with van der Waals surface area (Å²) in [5, 5.41) is 13.4. The zero-order valence-electron chi connectivity index (χ0n) is 30.7. The molecule has 0 amide bonds. The second kappa shape index (κ2) is 15.4. The van der Waals surface area contributed by atoms with Gasteiger partial charge in [0, 0.05) is 72.1 Å². The average molecular weight is 850 g/mol. The predicted molar refractivity (Wildman–Crippen MR) is 201 cm³/mol. The van der Waals surface area contributed by atoms with Gasteiger partial charge in [-0.25, -0.2) is 0 Å². The smallest absolute Gasteiger partial charge is 0.164 e. The molecule has 0 spiro atoms. The molecule has 6 rings (SSSR count). The molecule has 7 heteroatoms. The first-order valence-corrected chi connectivity index (χ1v) is 17.4. The molecule has 0 aliphatic rings. The topological polar surface area (TPSA) is 89.4 Å². The fourth-order valence-corrected chi connectivity index (χ4v) is 5.96. The summed E-state index contributed by atoms with van der Waals surface area (Å²) in [6.45, 7) is 18.8. The zero-order valence-corrected chi connectivity index (χ0v) is 33.1. The molecule has 50 heavy (non-hydrogen) atoms. The van der Waals surface area contributed by atoms with E-state index in [0.717, 1.165) is 75.7 Å². The van der Waals surface area contributed by atoms with Crippen molar-refractivity contribution in [2.75, 3.05) is 0 Å². The van der Waals surface area contributed by atoms with Gasteiger partial charge in [0.05, 0.1) is 6.26 Å². The van der Waals surface area contributed by atoms with Crippen molar-refractivity contribution in [1.29, 1.82) is 0 Å². The first-order valence-electron chi connectivity index (χ1n) is 17.4. The largest absolute Gasteiger partial charge is 0.512 e. The third-order valence-corrected chi connectivity index (χ3v) is 10.5. The van der Waals surface area contributed by atoms with Gasteiger partial charge in [-0.15, -0.1) is 29.1 Å². The maximum atomic E-state index is 12.2. The van der Waals surface area contributed by atoms with Crippen LogP contribution in [-0.2, 0) is 30.3 Å². The van der Waals surface area contributed by atoms with Crippen molar-refractivity contribution >= 4 is 38.6 Å². The summed E-state index contributed by atoms with van der Waals surface area (Å²) in [5.41, 5.74) is 5.70. The van der Waals surface area contributed by atoms with E-state index in [9.17, 15) is 9.90 Å². The molecular formula is C43H49IrN2O4-. The SMILES string of the molecule is CC(C)(C)c1cc(-c2nccc3oc(-c4cnc5ccoc5c4)cc23)[c-]c2ccccc12.CCC(C)(CC)C(=O)/C=C(\O)C(C)(CC)CC.[Ir]. The van der Waals surface area contributed by atoms with Crippen molar-refractivity contribution < 1.29 is 38.8 Å². The number of hydrogen-bond donors (Lipinski definition) is 1. The molecular weight excluding hydrogens is 801 g/mol. The first kappa shape index (κ1) is 38.7. The van der Waals surface area contributed by atoms with Crippen LogP contribution in [-0.4, -0.2) is 20.9 Å². The number of carbonyl (C=O) groups is 1. The van der Waals surface area contributed by atoms with Crippen LogP contribution < -0.4 is 0 Å². The maximum absolute atomic E-state index is 12.2. The fourth-order valence-electron chi connectivity index (χ4n) is 5.96. The number of ketones is 1. The van der Waals surface area contributed by atoms with Crippen molar-refractivity contribution in [3.8, 4) is 22.6 Å². The molecule has 0 saturated heterocycles. The molecule has 0 saturated carbocycles. The van der Waals surface area contributed by atoms with Crippen LogP contribution >= 0.6 is 0 Å². The Bertz CT molecular complexity index is 2120. The van der Waals surface area contributed by atoms with Crippen LogP contribution in [0.3, 0.4) is 0 Å². The number of fused-ring (bicyclic) bond motifs is 3. The molecule has 6 aromatic rings. The zero-order chi connectivity index (χ0) is 35.6. The Balaban J connectivity index is 0.000000269. The molecule has 0 fully saturated rings. The standard InChI is InChI=1S/C28H21N2O2.C15H28O2.Ir/c1-28(2,3)22-13-18(12-17-6-4-5-7-20(17)22)27-21-15-25(32-24(21)8-10-29-27)19-14-26-23(30-16-19)9-11-31-26;1-7-14(5,8-2)12(16)11-13(17)15(6,9-3)10-4;/h4-11,13-16H,1-3H3;11,16H,7-10H2,1-6H3;/q-1;;/b;12-11-;. The number of pyridine rings is 2. The van der Waals surface area contributed by atoms with Gasteiger partial charge in [-0.3, -0.25) is 14.8 Å². The Labute approximate surface area is 309 Å². The number of rotatable bonds is 9. The molecule has 1 radical (unpaired) electrons. The van der Waals surface area contributed by atoms with Gasteiger partial charge in [-0.2, -0.15) is 0 Å². The second-order valence-corrected chi connectivity index (χ2v) is 14.5. The van der Waals surface area contributed by atoms with Gasteiger partial charge in [-0.05, 0) is 49.3 Å². The molecule has 265 valence electrons. The molecule has 6 nitrogen and oxygen atoms in total. The van der Waals surface area contributed by atoms with Crippen molar-refractivity contribution in [2.45, 2.75) is 93.4 Å². The molecule has 0 bridgehead atoms. The summed E-state index contributed by atoms with van der Waals surface area (Å²) in [6, 6.07) is 21.9. The molecule has 0 aliphatic carbocycles. The van der Waals surface area contributed by atoms with E-state index in [1.165, 1.54) is 17.0 Å². The van der Waals surface area contributed by atoms with Crippen LogP contribution in [0.4, 0.5) is 0 Å². The summed E-state index contributed by atoms with van der Waals surface area (Å²) >= 11 is 0. The molecule has 4 heterocycles. The van der Waals surface area contributed by atoms with Gasteiger partial charge < -0.3 is 13.9 Å². The Morgan fingerprint density at radius 1 is 0.840 bits per heavy atom. The third-order valence-electron chi connectivity index (χ3n) is 10.5. The minimum absolute atomic E-state index is 0. The Morgan fingerprint density at radius 3 is 2.18 bits per heavy atom. The Morgan fingerprint density at radius 2 is 1.52 bits per heavy atom. The van der Waals surface area contributed by atoms with Crippen LogP contribution in [0.25, 0.3) is 55.4 Å². The van der Waals surface area contributed by atoms with Crippen molar-refractivity contribution in [3.63, 3.8) is 0 Å². The van der Waals surface area contributed by atoms with E-state index in [2.05, 4.69) is 62.2 Å². The minimum atomic E-state index is -0.337. The van der Waals surface area contributed by atoms with E-state index in [-0.39, 0.29) is 47.9 Å². The number of benzene rings is 2. The summed E-state index contributed by atoms with van der Waals surface area (Å²) in [6.07, 6.45) is 10.00. The number of carbonyl (C=O) groups excluding carboxylic acids is 1. The number of allylic oxidation sites excluding steroid dienone is 2. The minimum Gasteiger partial charge on any atom is -0.512 e. The average Bonchev–Trinajstić information content (AvgIpc) is 3.77. The van der Waals surface area contributed by atoms with E-state index in [1.54, 1.807) is 12.5 Å². The Kier molecular flexibility index (Phi) is 12.0. The van der Waals surface area contributed by atoms with E-state index < -0.39 is 0 Å². The van der Waals surface area contributed by atoms with Crippen LogP contribution in [0.2, 0.25) is 0 Å². The van der Waals surface area contributed by atoms with Gasteiger partial charge in [0.2, 0.25) is 0 Å². The monoisotopic (exact) mass is 850 g/mol. The van der Waals surface area contributed by atoms with Crippen LogP contribution in [0, 0.1) is 16.9 Å². The van der Waals surface area contributed by atoms with Gasteiger partial charge in [0.25, 0.3) is 0 Å². The van der Waals surface area contributed by atoms with Crippen LogP contribution in [0.5, 0.6) is 0 Å². The predicted octanol–water partition coefficient (Wildman–Crippen LogP) is 12.2. The summed E-state index contributed by atoms with van der Waals surface area (Å²) in [7, 11) is 0. The second-order valence-electron chi connectivity index (χ2n) is 14.5. The van der Waals surface area contributed by atoms with Crippen LogP contribution in [0.15, 0.2) is 93.9 Å².